The monoisotopic (exact) mass is 337 g/mol. The normalized spacial score (nSPS) is 16.9. The van der Waals surface area contributed by atoms with Crippen LogP contribution >= 0.6 is 0 Å². The Bertz CT molecular complexity index is 844. The zero-order valence-corrected chi connectivity index (χ0v) is 14.0. The maximum Gasteiger partial charge on any atom is 0.223 e. The van der Waals surface area contributed by atoms with E-state index in [4.69, 9.17) is 14.2 Å². The molecule has 0 bridgehead atoms. The maximum absolute atomic E-state index is 5.64. The highest BCUT2D eigenvalue weighted by Crippen LogP contribution is 2.31. The molecule has 1 aliphatic rings. The molecule has 7 heteroatoms. The van der Waals surface area contributed by atoms with Gasteiger partial charge in [0, 0.05) is 43.4 Å². The van der Waals surface area contributed by atoms with E-state index in [0.29, 0.717) is 18.3 Å². The van der Waals surface area contributed by atoms with Gasteiger partial charge >= 0.3 is 0 Å². The van der Waals surface area contributed by atoms with Crippen LogP contribution in [0.15, 0.2) is 41.3 Å². The van der Waals surface area contributed by atoms with Gasteiger partial charge in [0.2, 0.25) is 5.95 Å². The summed E-state index contributed by atoms with van der Waals surface area (Å²) in [6, 6.07) is 5.71. The lowest BCUT2D eigenvalue weighted by Gasteiger charge is -2.12. The lowest BCUT2D eigenvalue weighted by atomic mass is 10.1. The maximum atomic E-state index is 5.64. The first kappa shape index (κ1) is 15.7. The van der Waals surface area contributed by atoms with Crippen molar-refractivity contribution in [3.05, 3.63) is 42.5 Å². The summed E-state index contributed by atoms with van der Waals surface area (Å²) in [4.78, 5) is 13.2. The quantitative estimate of drug-likeness (QED) is 0.765. The molecule has 3 aromatic rings. The van der Waals surface area contributed by atoms with Crippen molar-refractivity contribution >= 4 is 5.95 Å². The van der Waals surface area contributed by atoms with Crippen LogP contribution in [0.4, 0.5) is 5.95 Å². The Morgan fingerprint density at radius 3 is 2.88 bits per heavy atom. The molecule has 25 heavy (non-hydrogen) atoms. The summed E-state index contributed by atoms with van der Waals surface area (Å²) in [5, 5.41) is 7.24. The molecule has 7 nitrogen and oxygen atoms in total. The van der Waals surface area contributed by atoms with E-state index in [1.165, 1.54) is 0 Å². The molecule has 1 saturated heterocycles. The van der Waals surface area contributed by atoms with Gasteiger partial charge in [0.15, 0.2) is 5.76 Å². The molecule has 0 aromatic carbocycles. The topological polar surface area (TPSA) is 86.0 Å². The van der Waals surface area contributed by atoms with Gasteiger partial charge in [0.05, 0.1) is 23.1 Å². The third kappa shape index (κ3) is 3.51. The highest BCUT2D eigenvalue weighted by Gasteiger charge is 2.18. The molecule has 1 aliphatic heterocycles. The number of aryl methyl sites for hydroxylation is 1. The van der Waals surface area contributed by atoms with Crippen molar-refractivity contribution in [2.24, 2.45) is 0 Å². The van der Waals surface area contributed by atoms with Crippen LogP contribution in [0.3, 0.4) is 0 Å². The van der Waals surface area contributed by atoms with E-state index in [0.717, 1.165) is 42.0 Å². The smallest absolute Gasteiger partial charge is 0.223 e. The molecule has 1 atom stereocenters. The van der Waals surface area contributed by atoms with E-state index in [-0.39, 0.29) is 6.10 Å². The highest BCUT2D eigenvalue weighted by atomic mass is 16.5. The van der Waals surface area contributed by atoms with E-state index in [9.17, 15) is 0 Å². The van der Waals surface area contributed by atoms with Crippen molar-refractivity contribution in [1.82, 2.24) is 20.1 Å². The van der Waals surface area contributed by atoms with Gasteiger partial charge in [-0.25, -0.2) is 9.97 Å². The Kier molecular flexibility index (Phi) is 4.39. The first-order valence-corrected chi connectivity index (χ1v) is 8.36. The second-order valence-corrected chi connectivity index (χ2v) is 6.04. The Balaban J connectivity index is 1.67. The van der Waals surface area contributed by atoms with Crippen LogP contribution in [0, 0.1) is 6.92 Å². The molecule has 4 rings (SSSR count). The number of aromatic nitrogens is 4. The molecule has 3 aromatic heterocycles. The number of pyridine rings is 1. The summed E-state index contributed by atoms with van der Waals surface area (Å²) in [5.74, 6) is 1.22. The lowest BCUT2D eigenvalue weighted by Crippen LogP contribution is -2.19. The Hall–Kier alpha value is -2.80. The molecule has 0 radical (unpaired) electrons. The van der Waals surface area contributed by atoms with Gasteiger partial charge in [-0.1, -0.05) is 5.16 Å². The minimum Gasteiger partial charge on any atom is -0.376 e. The number of rotatable bonds is 5. The molecule has 128 valence electrons. The summed E-state index contributed by atoms with van der Waals surface area (Å²) in [5.41, 5.74) is 3.34. The molecule has 1 fully saturated rings. The number of nitrogens with one attached hydrogen (secondary N) is 1. The SMILES string of the molecule is Cc1cc(-c2cnc(NCC3CCCO3)nc2-c2ccncc2)on1. The van der Waals surface area contributed by atoms with Gasteiger partial charge in [0.25, 0.3) is 0 Å². The van der Waals surface area contributed by atoms with Crippen LogP contribution in [0.2, 0.25) is 0 Å². The highest BCUT2D eigenvalue weighted by molar-refractivity contribution is 5.78. The second-order valence-electron chi connectivity index (χ2n) is 6.04. The van der Waals surface area contributed by atoms with Crippen LogP contribution < -0.4 is 5.32 Å². The zero-order valence-electron chi connectivity index (χ0n) is 14.0. The van der Waals surface area contributed by atoms with Crippen molar-refractivity contribution in [3.63, 3.8) is 0 Å². The average molecular weight is 337 g/mol. The lowest BCUT2D eigenvalue weighted by molar-refractivity contribution is 0.120. The molecule has 0 amide bonds. The molecular weight excluding hydrogens is 318 g/mol. The van der Waals surface area contributed by atoms with Crippen molar-refractivity contribution in [1.29, 1.82) is 0 Å². The van der Waals surface area contributed by atoms with Crippen molar-refractivity contribution in [2.75, 3.05) is 18.5 Å². The Labute approximate surface area is 145 Å². The third-order valence-corrected chi connectivity index (χ3v) is 4.15. The van der Waals surface area contributed by atoms with E-state index in [1.54, 1.807) is 18.6 Å². The largest absolute Gasteiger partial charge is 0.376 e. The van der Waals surface area contributed by atoms with Crippen LogP contribution in [-0.4, -0.2) is 39.4 Å². The minimum atomic E-state index is 0.226. The van der Waals surface area contributed by atoms with Crippen molar-refractivity contribution in [2.45, 2.75) is 25.9 Å². The average Bonchev–Trinajstić information content (AvgIpc) is 3.32. The molecule has 0 saturated carbocycles. The first-order valence-electron chi connectivity index (χ1n) is 8.36. The van der Waals surface area contributed by atoms with Crippen molar-refractivity contribution in [3.8, 4) is 22.6 Å². The van der Waals surface area contributed by atoms with Gasteiger partial charge in [-0.2, -0.15) is 0 Å². The zero-order chi connectivity index (χ0) is 17.1. The number of nitrogens with zero attached hydrogens (tertiary/aromatic N) is 4. The molecule has 1 N–H and O–H groups in total. The minimum absolute atomic E-state index is 0.226. The number of hydrogen-bond acceptors (Lipinski definition) is 7. The molecule has 1 unspecified atom stereocenters. The van der Waals surface area contributed by atoms with Gasteiger partial charge in [-0.15, -0.1) is 0 Å². The number of ether oxygens (including phenoxy) is 1. The Morgan fingerprint density at radius 2 is 2.16 bits per heavy atom. The predicted octanol–water partition coefficient (Wildman–Crippen LogP) is 3.09. The summed E-state index contributed by atoms with van der Waals surface area (Å²) < 4.78 is 11.0. The predicted molar refractivity (Wildman–Crippen MR) is 93.0 cm³/mol. The molecule has 0 aliphatic carbocycles. The van der Waals surface area contributed by atoms with E-state index >= 15 is 0 Å². The summed E-state index contributed by atoms with van der Waals surface area (Å²) in [7, 11) is 0. The standard InChI is InChI=1S/C18H19N5O2/c1-12-9-16(25-23-12)15-11-21-18(20-10-14-3-2-8-24-14)22-17(15)13-4-6-19-7-5-13/h4-7,9,11,14H,2-3,8,10H2,1H3,(H,20,21,22). The molecule has 4 heterocycles. The summed E-state index contributed by atoms with van der Waals surface area (Å²) >= 11 is 0. The van der Waals surface area contributed by atoms with Crippen LogP contribution in [0.1, 0.15) is 18.5 Å². The van der Waals surface area contributed by atoms with E-state index in [2.05, 4.69) is 20.4 Å². The van der Waals surface area contributed by atoms with E-state index < -0.39 is 0 Å². The van der Waals surface area contributed by atoms with Gasteiger partial charge in [0.1, 0.15) is 0 Å². The molecular formula is C18H19N5O2. The fraction of sp³-hybridized carbons (Fsp3) is 0.333. The van der Waals surface area contributed by atoms with E-state index in [1.807, 2.05) is 25.1 Å². The van der Waals surface area contributed by atoms with Crippen LogP contribution in [0.5, 0.6) is 0 Å². The van der Waals surface area contributed by atoms with Crippen molar-refractivity contribution < 1.29 is 9.26 Å². The van der Waals surface area contributed by atoms with Gasteiger partial charge in [-0.05, 0) is 31.9 Å². The molecule has 0 spiro atoms. The third-order valence-electron chi connectivity index (χ3n) is 4.15. The summed E-state index contributed by atoms with van der Waals surface area (Å²) in [6.45, 7) is 3.42. The Morgan fingerprint density at radius 1 is 1.28 bits per heavy atom. The van der Waals surface area contributed by atoms with Gasteiger partial charge in [-0.3, -0.25) is 4.98 Å². The summed E-state index contributed by atoms with van der Waals surface area (Å²) in [6.07, 6.45) is 7.66. The number of anilines is 1. The number of hydrogen-bond donors (Lipinski definition) is 1. The second kappa shape index (κ2) is 6.98. The fourth-order valence-electron chi connectivity index (χ4n) is 2.88. The van der Waals surface area contributed by atoms with Crippen LogP contribution in [-0.2, 0) is 4.74 Å². The fourth-order valence-corrected chi connectivity index (χ4v) is 2.88. The van der Waals surface area contributed by atoms with Crippen LogP contribution in [0.25, 0.3) is 22.6 Å². The first-order chi connectivity index (χ1) is 12.3. The van der Waals surface area contributed by atoms with Gasteiger partial charge < -0.3 is 14.6 Å².